The van der Waals surface area contributed by atoms with E-state index < -0.39 is 0 Å². The summed E-state index contributed by atoms with van der Waals surface area (Å²) in [5.74, 6) is 2.39. The van der Waals surface area contributed by atoms with Crippen LogP contribution < -0.4 is 9.64 Å². The minimum Gasteiger partial charge on any atom is -0.497 e. The molecule has 1 atom stereocenters. The van der Waals surface area contributed by atoms with Crippen molar-refractivity contribution in [3.05, 3.63) is 41.9 Å². The topological polar surface area (TPSA) is 58.6 Å². The van der Waals surface area contributed by atoms with E-state index in [2.05, 4.69) is 9.97 Å². The molecule has 1 saturated heterocycles. The third-order valence-corrected chi connectivity index (χ3v) is 4.39. The first-order valence-corrected chi connectivity index (χ1v) is 8.00. The first-order valence-electron chi connectivity index (χ1n) is 8.00. The van der Waals surface area contributed by atoms with Crippen LogP contribution in [0.3, 0.4) is 0 Å². The molecule has 0 unspecified atom stereocenters. The maximum Gasteiger partial charge on any atom is 0.220 e. The molecule has 3 rings (SSSR count). The smallest absolute Gasteiger partial charge is 0.220 e. The van der Waals surface area contributed by atoms with E-state index in [1.165, 1.54) is 0 Å². The standard InChI is InChI=1S/C18H22N4O2/c1-12-19-16(17-8-9-22(17)13(2)23)11-18(20-12)21(3)14-6-5-7-15(10-14)24-4/h5-7,10-11,17H,8-9H2,1-4H3/t17-/m1/s1. The van der Waals surface area contributed by atoms with Gasteiger partial charge < -0.3 is 14.5 Å². The van der Waals surface area contributed by atoms with E-state index >= 15 is 0 Å². The minimum absolute atomic E-state index is 0.0571. The van der Waals surface area contributed by atoms with Crippen molar-refractivity contribution in [1.82, 2.24) is 14.9 Å². The summed E-state index contributed by atoms with van der Waals surface area (Å²) in [4.78, 5) is 24.6. The summed E-state index contributed by atoms with van der Waals surface area (Å²) in [7, 11) is 3.61. The minimum atomic E-state index is 0.0571. The molecule has 1 fully saturated rings. The predicted molar refractivity (Wildman–Crippen MR) is 92.6 cm³/mol. The fraction of sp³-hybridized carbons (Fsp3) is 0.389. The van der Waals surface area contributed by atoms with E-state index in [1.807, 2.05) is 54.1 Å². The average Bonchev–Trinajstić information content (AvgIpc) is 2.52. The molecule has 0 saturated carbocycles. The number of hydrogen-bond acceptors (Lipinski definition) is 5. The van der Waals surface area contributed by atoms with Gasteiger partial charge in [0.05, 0.1) is 18.8 Å². The van der Waals surface area contributed by atoms with Crippen molar-refractivity contribution >= 4 is 17.4 Å². The Morgan fingerprint density at radius 1 is 1.33 bits per heavy atom. The molecule has 2 heterocycles. The van der Waals surface area contributed by atoms with E-state index in [9.17, 15) is 4.79 Å². The monoisotopic (exact) mass is 326 g/mol. The number of aryl methyl sites for hydroxylation is 1. The molecule has 1 aliphatic heterocycles. The SMILES string of the molecule is COc1cccc(N(C)c2cc([C@H]3CCN3C(C)=O)nc(C)n2)c1. The Balaban J connectivity index is 1.92. The number of carbonyl (C=O) groups is 1. The Bertz CT molecular complexity index is 762. The van der Waals surface area contributed by atoms with Gasteiger partial charge in [-0.2, -0.15) is 0 Å². The molecule has 1 aliphatic rings. The maximum atomic E-state index is 11.7. The van der Waals surface area contributed by atoms with Crippen LogP contribution in [0, 0.1) is 6.92 Å². The summed E-state index contributed by atoms with van der Waals surface area (Å²) in [5, 5.41) is 0. The molecule has 0 radical (unpaired) electrons. The van der Waals surface area contributed by atoms with Crippen LogP contribution in [-0.2, 0) is 4.79 Å². The van der Waals surface area contributed by atoms with Crippen molar-refractivity contribution in [3.8, 4) is 5.75 Å². The number of aromatic nitrogens is 2. The van der Waals surface area contributed by atoms with Crippen LogP contribution in [0.2, 0.25) is 0 Å². The summed E-state index contributed by atoms with van der Waals surface area (Å²) < 4.78 is 5.29. The second-order valence-electron chi connectivity index (χ2n) is 5.98. The number of likely N-dealkylation sites (tertiary alicyclic amines) is 1. The fourth-order valence-corrected chi connectivity index (χ4v) is 2.94. The van der Waals surface area contributed by atoms with Gasteiger partial charge in [-0.15, -0.1) is 0 Å². The van der Waals surface area contributed by atoms with E-state index in [0.29, 0.717) is 5.82 Å². The van der Waals surface area contributed by atoms with E-state index in [4.69, 9.17) is 4.74 Å². The Labute approximate surface area is 142 Å². The van der Waals surface area contributed by atoms with Crippen LogP contribution in [0.25, 0.3) is 0 Å². The zero-order valence-corrected chi connectivity index (χ0v) is 14.5. The van der Waals surface area contributed by atoms with Crippen LogP contribution in [-0.4, -0.2) is 41.5 Å². The highest BCUT2D eigenvalue weighted by molar-refractivity contribution is 5.74. The lowest BCUT2D eigenvalue weighted by Crippen LogP contribution is -2.44. The van der Waals surface area contributed by atoms with Crippen LogP contribution in [0.15, 0.2) is 30.3 Å². The number of methoxy groups -OCH3 is 1. The molecule has 24 heavy (non-hydrogen) atoms. The number of hydrogen-bond donors (Lipinski definition) is 0. The van der Waals surface area contributed by atoms with Gasteiger partial charge in [0.25, 0.3) is 0 Å². The summed E-state index contributed by atoms with van der Waals surface area (Å²) in [6.45, 7) is 4.27. The van der Waals surface area contributed by atoms with Gasteiger partial charge in [-0.1, -0.05) is 6.07 Å². The van der Waals surface area contributed by atoms with Gasteiger partial charge in [-0.05, 0) is 25.5 Å². The highest BCUT2D eigenvalue weighted by Crippen LogP contribution is 2.34. The highest BCUT2D eigenvalue weighted by Gasteiger charge is 2.33. The van der Waals surface area contributed by atoms with Crippen molar-refractivity contribution in [2.75, 3.05) is 25.6 Å². The number of ether oxygens (including phenoxy) is 1. The number of rotatable bonds is 4. The van der Waals surface area contributed by atoms with Crippen molar-refractivity contribution in [1.29, 1.82) is 0 Å². The molecule has 1 aromatic heterocycles. The van der Waals surface area contributed by atoms with Gasteiger partial charge >= 0.3 is 0 Å². The van der Waals surface area contributed by atoms with Gasteiger partial charge in [0.2, 0.25) is 5.91 Å². The summed E-state index contributed by atoms with van der Waals surface area (Å²) in [5.41, 5.74) is 1.88. The number of benzene rings is 1. The van der Waals surface area contributed by atoms with E-state index in [0.717, 1.165) is 35.9 Å². The molecule has 0 spiro atoms. The van der Waals surface area contributed by atoms with Crippen LogP contribution in [0.4, 0.5) is 11.5 Å². The number of nitrogens with zero attached hydrogens (tertiary/aromatic N) is 4. The number of carbonyl (C=O) groups excluding carboxylic acids is 1. The molecule has 1 amide bonds. The summed E-state index contributed by atoms with van der Waals surface area (Å²) in [6, 6.07) is 9.84. The third kappa shape index (κ3) is 3.04. The molecule has 126 valence electrons. The third-order valence-electron chi connectivity index (χ3n) is 4.39. The first-order chi connectivity index (χ1) is 11.5. The summed E-state index contributed by atoms with van der Waals surface area (Å²) in [6.07, 6.45) is 0.943. The van der Waals surface area contributed by atoms with Gasteiger partial charge in [-0.25, -0.2) is 9.97 Å². The second kappa shape index (κ2) is 6.47. The molecule has 0 bridgehead atoms. The van der Waals surface area contributed by atoms with Crippen LogP contribution in [0.1, 0.15) is 30.9 Å². The molecule has 1 aromatic carbocycles. The first kappa shape index (κ1) is 16.2. The Hall–Kier alpha value is -2.63. The largest absolute Gasteiger partial charge is 0.497 e. The van der Waals surface area contributed by atoms with Gasteiger partial charge in [-0.3, -0.25) is 4.79 Å². The molecule has 2 aromatic rings. The van der Waals surface area contributed by atoms with Crippen molar-refractivity contribution in [3.63, 3.8) is 0 Å². The van der Waals surface area contributed by atoms with Gasteiger partial charge in [0, 0.05) is 38.3 Å². The van der Waals surface area contributed by atoms with Gasteiger partial charge in [0.1, 0.15) is 17.4 Å². The van der Waals surface area contributed by atoms with Crippen LogP contribution in [0.5, 0.6) is 5.75 Å². The highest BCUT2D eigenvalue weighted by atomic mass is 16.5. The lowest BCUT2D eigenvalue weighted by molar-refractivity contribution is -0.136. The lowest BCUT2D eigenvalue weighted by Gasteiger charge is -2.40. The molecule has 6 nitrogen and oxygen atoms in total. The average molecular weight is 326 g/mol. The maximum absolute atomic E-state index is 11.7. The molecular weight excluding hydrogens is 304 g/mol. The van der Waals surface area contributed by atoms with Crippen molar-refractivity contribution in [2.24, 2.45) is 0 Å². The van der Waals surface area contributed by atoms with Crippen LogP contribution >= 0.6 is 0 Å². The normalized spacial score (nSPS) is 16.5. The number of anilines is 2. The molecular formula is C18H22N4O2. The lowest BCUT2D eigenvalue weighted by atomic mass is 9.99. The molecule has 0 aliphatic carbocycles. The zero-order valence-electron chi connectivity index (χ0n) is 14.5. The number of amides is 1. The predicted octanol–water partition coefficient (Wildman–Crippen LogP) is 2.85. The molecule has 6 heteroatoms. The Morgan fingerprint density at radius 3 is 2.75 bits per heavy atom. The van der Waals surface area contributed by atoms with E-state index in [1.54, 1.807) is 14.0 Å². The summed E-state index contributed by atoms with van der Waals surface area (Å²) >= 11 is 0. The Kier molecular flexibility index (Phi) is 4.38. The zero-order chi connectivity index (χ0) is 17.3. The van der Waals surface area contributed by atoms with E-state index in [-0.39, 0.29) is 11.9 Å². The molecule has 0 N–H and O–H groups in total. The van der Waals surface area contributed by atoms with Crippen molar-refractivity contribution < 1.29 is 9.53 Å². The van der Waals surface area contributed by atoms with Gasteiger partial charge in [0.15, 0.2) is 0 Å². The fourth-order valence-electron chi connectivity index (χ4n) is 2.94. The van der Waals surface area contributed by atoms with Crippen molar-refractivity contribution in [2.45, 2.75) is 26.3 Å². The second-order valence-corrected chi connectivity index (χ2v) is 5.98. The quantitative estimate of drug-likeness (QED) is 0.865. The Morgan fingerprint density at radius 2 is 2.12 bits per heavy atom.